The molecule has 35 heavy (non-hydrogen) atoms. The molecule has 4 rings (SSSR count). The minimum atomic E-state index is -1.37. The number of hydrogen-bond donors (Lipinski definition) is 2. The van der Waals surface area contributed by atoms with Crippen molar-refractivity contribution in [3.05, 3.63) is 64.0 Å². The van der Waals surface area contributed by atoms with Crippen molar-refractivity contribution in [2.45, 2.75) is 45.1 Å². The van der Waals surface area contributed by atoms with Crippen LogP contribution < -0.4 is 9.46 Å². The highest BCUT2D eigenvalue weighted by Crippen LogP contribution is 2.41. The number of hydrogen-bond acceptors (Lipinski definition) is 6. The van der Waals surface area contributed by atoms with E-state index >= 15 is 4.39 Å². The van der Waals surface area contributed by atoms with Gasteiger partial charge in [-0.05, 0) is 48.8 Å². The number of halogens is 2. The zero-order chi connectivity index (χ0) is 25.3. The summed E-state index contributed by atoms with van der Waals surface area (Å²) in [6.07, 6.45) is 5.00. The second-order valence-electron chi connectivity index (χ2n) is 9.23. The van der Waals surface area contributed by atoms with Gasteiger partial charge in [-0.3, -0.25) is 0 Å². The van der Waals surface area contributed by atoms with Gasteiger partial charge >= 0.3 is 5.97 Å². The van der Waals surface area contributed by atoms with Crippen molar-refractivity contribution in [3.63, 3.8) is 0 Å². The molecule has 0 unspecified atom stereocenters. The number of rotatable bonds is 7. The average Bonchev–Trinajstić information content (AvgIpc) is 3.28. The Morgan fingerprint density at radius 2 is 2.00 bits per heavy atom. The van der Waals surface area contributed by atoms with Gasteiger partial charge in [-0.1, -0.05) is 32.1 Å². The third-order valence-corrected chi connectivity index (χ3v) is 7.97. The predicted molar refractivity (Wildman–Crippen MR) is 137 cm³/mol. The lowest BCUT2D eigenvalue weighted by Gasteiger charge is -2.29. The molecule has 0 spiro atoms. The maximum Gasteiger partial charge on any atom is 0.338 e. The van der Waals surface area contributed by atoms with Crippen LogP contribution in [0.5, 0.6) is 5.75 Å². The highest BCUT2D eigenvalue weighted by atomic mass is 32.2. The van der Waals surface area contributed by atoms with E-state index in [0.717, 1.165) is 54.5 Å². The Labute approximate surface area is 211 Å². The second kappa shape index (κ2) is 9.99. The van der Waals surface area contributed by atoms with Crippen LogP contribution in [0.25, 0.3) is 16.1 Å². The summed E-state index contributed by atoms with van der Waals surface area (Å²) in [6.45, 7) is 6.23. The first-order valence-corrected chi connectivity index (χ1v) is 12.8. The van der Waals surface area contributed by atoms with E-state index in [1.54, 1.807) is 6.92 Å². The molecule has 1 aliphatic carbocycles. The fourth-order valence-electron chi connectivity index (χ4n) is 3.99. The lowest BCUT2D eigenvalue weighted by Crippen LogP contribution is -2.14. The topological polar surface area (TPSA) is 71.5 Å². The van der Waals surface area contributed by atoms with Gasteiger partial charge in [-0.15, -0.1) is 11.3 Å². The van der Waals surface area contributed by atoms with E-state index in [1.165, 1.54) is 18.4 Å². The highest BCUT2D eigenvalue weighted by Gasteiger charge is 2.24. The van der Waals surface area contributed by atoms with Crippen molar-refractivity contribution >= 4 is 40.5 Å². The molecular formula is C26H26F2N2O3S2. The van der Waals surface area contributed by atoms with Crippen molar-refractivity contribution in [3.8, 4) is 16.3 Å². The maximum absolute atomic E-state index is 15.3. The van der Waals surface area contributed by atoms with E-state index in [2.05, 4.69) is 29.6 Å². The molecule has 5 nitrogen and oxygen atoms in total. The van der Waals surface area contributed by atoms with Crippen molar-refractivity contribution in [2.24, 2.45) is 5.41 Å². The van der Waals surface area contributed by atoms with Crippen LogP contribution >= 0.6 is 23.3 Å². The molecule has 0 saturated heterocycles. The monoisotopic (exact) mass is 516 g/mol. The van der Waals surface area contributed by atoms with Crippen LogP contribution in [-0.4, -0.2) is 23.2 Å². The number of carbonyl (C=O) groups is 1. The van der Waals surface area contributed by atoms with E-state index in [1.807, 2.05) is 17.5 Å². The number of ether oxygens (including phenoxy) is 1. The van der Waals surface area contributed by atoms with E-state index in [4.69, 9.17) is 9.84 Å². The van der Waals surface area contributed by atoms with Crippen LogP contribution in [0.3, 0.4) is 0 Å². The van der Waals surface area contributed by atoms with Crippen LogP contribution in [0, 0.1) is 24.0 Å². The first kappa shape index (κ1) is 25.2. The van der Waals surface area contributed by atoms with Gasteiger partial charge in [0.05, 0.1) is 18.4 Å². The molecule has 0 saturated carbocycles. The summed E-state index contributed by atoms with van der Waals surface area (Å²) in [5.41, 5.74) is 3.08. The fourth-order valence-corrected chi connectivity index (χ4v) is 5.66. The number of methoxy groups -OCH3 is 1. The number of thiazole rings is 1. The summed E-state index contributed by atoms with van der Waals surface area (Å²) in [5, 5.41) is 12.2. The summed E-state index contributed by atoms with van der Waals surface area (Å²) < 4.78 is 37.6. The summed E-state index contributed by atoms with van der Waals surface area (Å²) in [5.74, 6) is -2.26. The van der Waals surface area contributed by atoms with E-state index in [-0.39, 0.29) is 22.7 Å². The lowest BCUT2D eigenvalue weighted by molar-refractivity contribution is 0.0691. The minimum absolute atomic E-state index is 0.195. The van der Waals surface area contributed by atoms with Gasteiger partial charge < -0.3 is 14.6 Å². The number of anilines is 1. The molecule has 184 valence electrons. The number of nitrogens with zero attached hydrogens (tertiary/aromatic N) is 1. The highest BCUT2D eigenvalue weighted by molar-refractivity contribution is 8.00. The lowest BCUT2D eigenvalue weighted by atomic mass is 9.77. The molecule has 2 N–H and O–H groups in total. The van der Waals surface area contributed by atoms with Crippen LogP contribution in [0.2, 0.25) is 0 Å². The molecule has 2 aromatic carbocycles. The fraction of sp³-hybridized carbons (Fsp3) is 0.308. The molecule has 1 aliphatic rings. The maximum atomic E-state index is 15.3. The van der Waals surface area contributed by atoms with Gasteiger partial charge in [-0.25, -0.2) is 18.6 Å². The van der Waals surface area contributed by atoms with Crippen LogP contribution in [0.1, 0.15) is 54.6 Å². The van der Waals surface area contributed by atoms with Crippen molar-refractivity contribution in [1.29, 1.82) is 0 Å². The minimum Gasteiger partial charge on any atom is -0.495 e. The molecule has 0 atom stereocenters. The van der Waals surface area contributed by atoms with Crippen LogP contribution in [0.15, 0.2) is 40.7 Å². The Balaban J connectivity index is 1.52. The Morgan fingerprint density at radius 1 is 1.26 bits per heavy atom. The smallest absolute Gasteiger partial charge is 0.338 e. The van der Waals surface area contributed by atoms with Gasteiger partial charge in [0.2, 0.25) is 0 Å². The first-order chi connectivity index (χ1) is 16.6. The van der Waals surface area contributed by atoms with E-state index in [0.29, 0.717) is 21.2 Å². The first-order valence-electron chi connectivity index (χ1n) is 11.1. The average molecular weight is 517 g/mol. The van der Waals surface area contributed by atoms with Gasteiger partial charge in [-0.2, -0.15) is 0 Å². The van der Waals surface area contributed by atoms with Crippen LogP contribution in [-0.2, 0) is 0 Å². The normalized spacial score (nSPS) is 15.0. The van der Waals surface area contributed by atoms with Crippen molar-refractivity contribution in [2.75, 3.05) is 11.8 Å². The third-order valence-electron chi connectivity index (χ3n) is 6.20. The number of allylic oxidation sites excluding steroid dienone is 2. The molecule has 0 bridgehead atoms. The zero-order valence-corrected chi connectivity index (χ0v) is 21.5. The van der Waals surface area contributed by atoms with Crippen LogP contribution in [0.4, 0.5) is 14.5 Å². The zero-order valence-electron chi connectivity index (χ0n) is 19.9. The summed E-state index contributed by atoms with van der Waals surface area (Å²) >= 11 is 2.51. The number of carboxylic acids is 1. The molecule has 9 heteroatoms. The SMILES string of the molecule is COc1cc(C(=O)O)c(F)cc1NSc1csc(-c2ccc(C3=CCC(C)(C)CC3)c(F)c2C)n1. The number of carboxylic acid groups (broad SMARTS) is 1. The second-order valence-corrected chi connectivity index (χ2v) is 10.9. The Bertz CT molecular complexity index is 1320. The predicted octanol–water partition coefficient (Wildman–Crippen LogP) is 7.82. The molecule has 1 aromatic heterocycles. The van der Waals surface area contributed by atoms with E-state index in [9.17, 15) is 9.18 Å². The Hall–Kier alpha value is -2.91. The Kier molecular flexibility index (Phi) is 7.19. The molecule has 0 fully saturated rings. The third kappa shape index (κ3) is 5.36. The quantitative estimate of drug-likeness (QED) is 0.312. The summed E-state index contributed by atoms with van der Waals surface area (Å²) in [7, 11) is 1.38. The largest absolute Gasteiger partial charge is 0.495 e. The van der Waals surface area contributed by atoms with Crippen molar-refractivity contribution < 1.29 is 23.4 Å². The number of aromatic nitrogens is 1. The molecule has 0 radical (unpaired) electrons. The molecule has 0 aliphatic heterocycles. The Morgan fingerprint density at radius 3 is 2.66 bits per heavy atom. The summed E-state index contributed by atoms with van der Waals surface area (Å²) in [4.78, 5) is 15.7. The molecular weight excluding hydrogens is 490 g/mol. The van der Waals surface area contributed by atoms with Gasteiger partial charge in [0.15, 0.2) is 0 Å². The van der Waals surface area contributed by atoms with Gasteiger partial charge in [0, 0.05) is 34.5 Å². The standard InChI is InChI=1S/C26H26F2N2O3S2/c1-14-16(5-6-17(23(14)28)15-7-9-26(2,3)10-8-15)24-29-22(13-34-24)35-30-20-12-19(27)18(25(31)32)11-21(20)33-4/h5-7,11-13,30H,8-10H2,1-4H3,(H,31,32). The molecule has 0 amide bonds. The number of aromatic carboxylic acids is 1. The molecule has 3 aromatic rings. The number of benzene rings is 2. The van der Waals surface area contributed by atoms with Crippen molar-refractivity contribution in [1.82, 2.24) is 4.98 Å². The van der Waals surface area contributed by atoms with E-state index < -0.39 is 17.3 Å². The van der Waals surface area contributed by atoms with Gasteiger partial charge in [0.25, 0.3) is 0 Å². The summed E-state index contributed by atoms with van der Waals surface area (Å²) in [6, 6.07) is 5.95. The molecule has 1 heterocycles. The van der Waals surface area contributed by atoms with Gasteiger partial charge in [0.1, 0.15) is 27.4 Å². The number of nitrogens with one attached hydrogen (secondary N) is 1.